The summed E-state index contributed by atoms with van der Waals surface area (Å²) in [4.78, 5) is 1.45. The molecule has 2 rings (SSSR count). The predicted molar refractivity (Wildman–Crippen MR) is 70.3 cm³/mol. The number of hydrogen-bond donors (Lipinski definition) is 2. The minimum Gasteiger partial charge on any atom is -0.271 e. The fraction of sp³-hybridized carbons (Fsp3) is 0.692. The number of hydrazine groups is 1. The highest BCUT2D eigenvalue weighted by Crippen LogP contribution is 2.32. The van der Waals surface area contributed by atoms with Crippen LogP contribution in [0.3, 0.4) is 0 Å². The number of nitrogens with two attached hydrogens (primary N) is 1. The molecule has 0 radical (unpaired) electrons. The molecule has 0 aromatic carbocycles. The summed E-state index contributed by atoms with van der Waals surface area (Å²) >= 11 is 1.84. The molecule has 3 heteroatoms. The van der Waals surface area contributed by atoms with Crippen molar-refractivity contribution in [2.45, 2.75) is 45.1 Å². The molecule has 1 fully saturated rings. The lowest BCUT2D eigenvalue weighted by Crippen LogP contribution is -2.43. The van der Waals surface area contributed by atoms with E-state index in [0.717, 1.165) is 18.3 Å². The van der Waals surface area contributed by atoms with Gasteiger partial charge in [0.2, 0.25) is 0 Å². The van der Waals surface area contributed by atoms with Crippen LogP contribution in [0.2, 0.25) is 0 Å². The summed E-state index contributed by atoms with van der Waals surface area (Å²) < 4.78 is 0. The maximum absolute atomic E-state index is 5.72. The zero-order chi connectivity index (χ0) is 11.4. The van der Waals surface area contributed by atoms with Crippen LogP contribution < -0.4 is 11.3 Å². The predicted octanol–water partition coefficient (Wildman–Crippen LogP) is 2.95. The summed E-state index contributed by atoms with van der Waals surface area (Å²) in [6.45, 7) is 2.37. The van der Waals surface area contributed by atoms with Crippen molar-refractivity contribution in [3.63, 3.8) is 0 Å². The summed E-state index contributed by atoms with van der Waals surface area (Å²) in [6, 6.07) is 4.79. The van der Waals surface area contributed by atoms with Gasteiger partial charge in [-0.25, -0.2) is 0 Å². The van der Waals surface area contributed by atoms with Crippen molar-refractivity contribution in [2.75, 3.05) is 0 Å². The molecule has 3 N–H and O–H groups in total. The van der Waals surface area contributed by atoms with E-state index in [2.05, 4.69) is 29.9 Å². The van der Waals surface area contributed by atoms with E-state index in [1.165, 1.54) is 30.6 Å². The lowest BCUT2D eigenvalue weighted by molar-refractivity contribution is 0.222. The smallest absolute Gasteiger partial charge is 0.0287 e. The van der Waals surface area contributed by atoms with E-state index in [9.17, 15) is 0 Å². The van der Waals surface area contributed by atoms with Gasteiger partial charge in [-0.3, -0.25) is 11.3 Å². The highest BCUT2D eigenvalue weighted by atomic mass is 32.1. The quantitative estimate of drug-likeness (QED) is 0.625. The second-order valence-electron chi connectivity index (χ2n) is 5.09. The van der Waals surface area contributed by atoms with E-state index < -0.39 is 0 Å². The Morgan fingerprint density at radius 3 is 3.06 bits per heavy atom. The summed E-state index contributed by atoms with van der Waals surface area (Å²) in [5.41, 5.74) is 3.04. The lowest BCUT2D eigenvalue weighted by Gasteiger charge is -2.32. The highest BCUT2D eigenvalue weighted by Gasteiger charge is 2.26. The topological polar surface area (TPSA) is 38.0 Å². The molecule has 1 heterocycles. The van der Waals surface area contributed by atoms with Gasteiger partial charge in [0.1, 0.15) is 0 Å². The Hall–Kier alpha value is -0.380. The van der Waals surface area contributed by atoms with E-state index in [0.29, 0.717) is 6.04 Å². The van der Waals surface area contributed by atoms with Gasteiger partial charge in [0.15, 0.2) is 0 Å². The molecule has 2 nitrogen and oxygen atoms in total. The number of rotatable bonds is 4. The van der Waals surface area contributed by atoms with Crippen LogP contribution in [0.25, 0.3) is 0 Å². The summed E-state index contributed by atoms with van der Waals surface area (Å²) in [5, 5.41) is 2.15. The minimum atomic E-state index is 0.460. The Bertz CT molecular complexity index is 297. The Morgan fingerprint density at radius 1 is 1.56 bits per heavy atom. The van der Waals surface area contributed by atoms with Crippen LogP contribution in [0.1, 0.15) is 37.5 Å². The van der Waals surface area contributed by atoms with E-state index in [4.69, 9.17) is 5.84 Å². The van der Waals surface area contributed by atoms with Gasteiger partial charge in [0, 0.05) is 10.9 Å². The fourth-order valence-corrected chi connectivity index (χ4v) is 3.62. The van der Waals surface area contributed by atoms with Crippen molar-refractivity contribution >= 4 is 11.3 Å². The van der Waals surface area contributed by atoms with Crippen LogP contribution in [0, 0.1) is 11.8 Å². The third kappa shape index (κ3) is 3.06. The number of hydrogen-bond acceptors (Lipinski definition) is 3. The average molecular weight is 238 g/mol. The van der Waals surface area contributed by atoms with Crippen LogP contribution in [0.5, 0.6) is 0 Å². The van der Waals surface area contributed by atoms with Gasteiger partial charge >= 0.3 is 0 Å². The van der Waals surface area contributed by atoms with Gasteiger partial charge < -0.3 is 0 Å². The first-order chi connectivity index (χ1) is 7.79. The van der Waals surface area contributed by atoms with Crippen LogP contribution in [-0.4, -0.2) is 6.04 Å². The van der Waals surface area contributed by atoms with Crippen LogP contribution in [0.15, 0.2) is 17.5 Å². The number of nitrogens with one attached hydrogen (secondary N) is 1. The molecule has 0 saturated heterocycles. The normalized spacial score (nSPS) is 27.9. The molecule has 0 spiro atoms. The van der Waals surface area contributed by atoms with E-state index in [-0.39, 0.29) is 0 Å². The largest absolute Gasteiger partial charge is 0.271 e. The molecule has 90 valence electrons. The standard InChI is InChI=1S/C13H22N2S/c1-10-4-2-5-11(8-10)13(15-14)9-12-6-3-7-16-12/h3,6-7,10-11,13,15H,2,4-5,8-9,14H2,1H3. The van der Waals surface area contributed by atoms with Crippen LogP contribution in [0.4, 0.5) is 0 Å². The molecule has 1 aromatic heterocycles. The van der Waals surface area contributed by atoms with Crippen LogP contribution >= 0.6 is 11.3 Å². The first-order valence-corrected chi connectivity index (χ1v) is 7.16. The molecular formula is C13H22N2S. The Labute approximate surface area is 102 Å². The molecule has 1 aliphatic rings. The van der Waals surface area contributed by atoms with Gasteiger partial charge in [0.05, 0.1) is 0 Å². The van der Waals surface area contributed by atoms with E-state index >= 15 is 0 Å². The molecule has 0 bridgehead atoms. The molecule has 3 atom stereocenters. The molecule has 0 amide bonds. The summed E-state index contributed by atoms with van der Waals surface area (Å²) in [6.07, 6.45) is 6.53. The van der Waals surface area contributed by atoms with Crippen molar-refractivity contribution in [3.05, 3.63) is 22.4 Å². The minimum absolute atomic E-state index is 0.460. The number of thiophene rings is 1. The third-order valence-corrected chi connectivity index (χ3v) is 4.66. The maximum Gasteiger partial charge on any atom is 0.0287 e. The van der Waals surface area contributed by atoms with Crippen molar-refractivity contribution < 1.29 is 0 Å². The first-order valence-electron chi connectivity index (χ1n) is 6.28. The molecule has 1 saturated carbocycles. The molecule has 1 aliphatic carbocycles. The average Bonchev–Trinajstić information content (AvgIpc) is 2.78. The van der Waals surface area contributed by atoms with Gasteiger partial charge in [-0.05, 0) is 42.5 Å². The van der Waals surface area contributed by atoms with Crippen molar-refractivity contribution in [1.29, 1.82) is 0 Å². The zero-order valence-corrected chi connectivity index (χ0v) is 10.8. The molecular weight excluding hydrogens is 216 g/mol. The van der Waals surface area contributed by atoms with Gasteiger partial charge in [0.25, 0.3) is 0 Å². The second-order valence-corrected chi connectivity index (χ2v) is 6.12. The Kier molecular flexibility index (Phi) is 4.38. The van der Waals surface area contributed by atoms with Gasteiger partial charge in [-0.2, -0.15) is 0 Å². The lowest BCUT2D eigenvalue weighted by atomic mass is 9.78. The molecule has 0 aliphatic heterocycles. The van der Waals surface area contributed by atoms with Gasteiger partial charge in [-0.1, -0.05) is 25.8 Å². The Balaban J connectivity index is 1.93. The maximum atomic E-state index is 5.72. The zero-order valence-electron chi connectivity index (χ0n) is 9.99. The third-order valence-electron chi connectivity index (χ3n) is 3.76. The van der Waals surface area contributed by atoms with Gasteiger partial charge in [-0.15, -0.1) is 11.3 Å². The molecule has 3 unspecified atom stereocenters. The monoisotopic (exact) mass is 238 g/mol. The SMILES string of the molecule is CC1CCCC(C(Cc2cccs2)NN)C1. The first kappa shape index (κ1) is 12.1. The molecule has 1 aromatic rings. The van der Waals surface area contributed by atoms with Crippen LogP contribution in [-0.2, 0) is 6.42 Å². The fourth-order valence-electron chi connectivity index (χ4n) is 2.85. The Morgan fingerprint density at radius 2 is 2.44 bits per heavy atom. The highest BCUT2D eigenvalue weighted by molar-refractivity contribution is 7.09. The molecule has 16 heavy (non-hydrogen) atoms. The van der Waals surface area contributed by atoms with Crippen molar-refractivity contribution in [1.82, 2.24) is 5.43 Å². The summed E-state index contributed by atoms with van der Waals surface area (Å²) in [7, 11) is 0. The summed E-state index contributed by atoms with van der Waals surface area (Å²) in [5.74, 6) is 7.35. The second kappa shape index (κ2) is 5.80. The van der Waals surface area contributed by atoms with Crippen molar-refractivity contribution in [2.24, 2.45) is 17.7 Å². The van der Waals surface area contributed by atoms with E-state index in [1.807, 2.05) is 11.3 Å². The van der Waals surface area contributed by atoms with E-state index in [1.54, 1.807) is 0 Å². The van der Waals surface area contributed by atoms with Crippen molar-refractivity contribution in [3.8, 4) is 0 Å².